The lowest BCUT2D eigenvalue weighted by Gasteiger charge is -2.28. The third-order valence-electron chi connectivity index (χ3n) is 3.33. The first kappa shape index (κ1) is 14.5. The quantitative estimate of drug-likeness (QED) is 0.759. The Hall–Kier alpha value is -0.610. The summed E-state index contributed by atoms with van der Waals surface area (Å²) in [4.78, 5) is 13.8. The Morgan fingerprint density at radius 1 is 1.59 bits per heavy atom. The van der Waals surface area contributed by atoms with Crippen LogP contribution in [0.15, 0.2) is 0 Å². The molecule has 4 nitrogen and oxygen atoms in total. The number of carbonyl (C=O) groups excluding carboxylic acids is 1. The summed E-state index contributed by atoms with van der Waals surface area (Å²) in [5.74, 6) is 1.16. The fourth-order valence-corrected chi connectivity index (χ4v) is 2.37. The lowest BCUT2D eigenvalue weighted by Crippen LogP contribution is -2.39. The van der Waals surface area contributed by atoms with Gasteiger partial charge in [-0.15, -0.1) is 0 Å². The van der Waals surface area contributed by atoms with E-state index in [0.29, 0.717) is 24.9 Å². The van der Waals surface area contributed by atoms with Gasteiger partial charge < -0.3 is 15.0 Å². The molecule has 1 aliphatic heterocycles. The van der Waals surface area contributed by atoms with Gasteiger partial charge in [0, 0.05) is 33.7 Å². The van der Waals surface area contributed by atoms with Crippen molar-refractivity contribution in [3.05, 3.63) is 0 Å². The summed E-state index contributed by atoms with van der Waals surface area (Å²) in [5.41, 5.74) is 0. The molecule has 1 saturated heterocycles. The van der Waals surface area contributed by atoms with Gasteiger partial charge in [-0.1, -0.05) is 6.92 Å². The maximum Gasteiger partial charge on any atom is 0.222 e. The van der Waals surface area contributed by atoms with Crippen LogP contribution in [0.1, 0.15) is 26.2 Å². The Bertz CT molecular complexity index is 227. The van der Waals surface area contributed by atoms with Crippen molar-refractivity contribution < 1.29 is 9.53 Å². The van der Waals surface area contributed by atoms with E-state index in [1.165, 1.54) is 12.8 Å². The molecule has 0 saturated carbocycles. The molecule has 0 aromatic rings. The zero-order valence-corrected chi connectivity index (χ0v) is 11.4. The number of hydrogen-bond acceptors (Lipinski definition) is 3. The molecule has 2 unspecified atom stereocenters. The van der Waals surface area contributed by atoms with Gasteiger partial charge in [0.1, 0.15) is 0 Å². The Morgan fingerprint density at radius 3 is 2.94 bits per heavy atom. The number of carbonyl (C=O) groups is 1. The topological polar surface area (TPSA) is 41.6 Å². The van der Waals surface area contributed by atoms with Crippen LogP contribution in [-0.2, 0) is 9.53 Å². The third kappa shape index (κ3) is 5.50. The molecule has 0 aliphatic carbocycles. The molecule has 0 aromatic carbocycles. The average Bonchev–Trinajstić information content (AvgIpc) is 2.30. The number of piperidine rings is 1. The molecule has 1 fully saturated rings. The zero-order chi connectivity index (χ0) is 12.7. The van der Waals surface area contributed by atoms with Crippen LogP contribution in [0.2, 0.25) is 0 Å². The molecule has 1 N–H and O–H groups in total. The number of methoxy groups -OCH3 is 1. The maximum atomic E-state index is 12.0. The van der Waals surface area contributed by atoms with Crippen LogP contribution < -0.4 is 5.32 Å². The standard InChI is InChI=1S/C13H26N2O2/c1-11(10-17-3)7-13(16)15(2)9-12-5-4-6-14-8-12/h11-12,14H,4-10H2,1-3H3. The van der Waals surface area contributed by atoms with Crippen molar-refractivity contribution >= 4 is 5.91 Å². The molecule has 1 amide bonds. The predicted octanol–water partition coefficient (Wildman–Crippen LogP) is 1.12. The molecule has 0 bridgehead atoms. The molecule has 17 heavy (non-hydrogen) atoms. The molecule has 0 radical (unpaired) electrons. The predicted molar refractivity (Wildman–Crippen MR) is 68.9 cm³/mol. The molecule has 1 aliphatic rings. The summed E-state index contributed by atoms with van der Waals surface area (Å²) in [6.07, 6.45) is 3.05. The van der Waals surface area contributed by atoms with Crippen LogP contribution >= 0.6 is 0 Å². The highest BCUT2D eigenvalue weighted by molar-refractivity contribution is 5.76. The average molecular weight is 242 g/mol. The van der Waals surface area contributed by atoms with Crippen molar-refractivity contribution in [2.45, 2.75) is 26.2 Å². The fourth-order valence-electron chi connectivity index (χ4n) is 2.37. The Kier molecular flexibility index (Phi) is 6.52. The molecule has 1 rings (SSSR count). The van der Waals surface area contributed by atoms with Gasteiger partial charge in [0.05, 0.1) is 0 Å². The van der Waals surface area contributed by atoms with Crippen molar-refractivity contribution in [2.24, 2.45) is 11.8 Å². The van der Waals surface area contributed by atoms with Crippen molar-refractivity contribution in [2.75, 3.05) is 40.4 Å². The first-order chi connectivity index (χ1) is 8.13. The summed E-state index contributed by atoms with van der Waals surface area (Å²) in [6.45, 7) is 5.76. The highest BCUT2D eigenvalue weighted by atomic mass is 16.5. The van der Waals surface area contributed by atoms with E-state index in [-0.39, 0.29) is 5.91 Å². The van der Waals surface area contributed by atoms with Gasteiger partial charge in [-0.25, -0.2) is 0 Å². The minimum atomic E-state index is 0.236. The van der Waals surface area contributed by atoms with Gasteiger partial charge in [-0.05, 0) is 37.8 Å². The van der Waals surface area contributed by atoms with E-state index >= 15 is 0 Å². The van der Waals surface area contributed by atoms with Crippen LogP contribution in [-0.4, -0.2) is 51.2 Å². The monoisotopic (exact) mass is 242 g/mol. The first-order valence-electron chi connectivity index (χ1n) is 6.57. The molecular weight excluding hydrogens is 216 g/mol. The number of nitrogens with one attached hydrogen (secondary N) is 1. The maximum absolute atomic E-state index is 12.0. The van der Waals surface area contributed by atoms with Crippen molar-refractivity contribution in [1.82, 2.24) is 10.2 Å². The smallest absolute Gasteiger partial charge is 0.222 e. The van der Waals surface area contributed by atoms with Gasteiger partial charge in [0.25, 0.3) is 0 Å². The Labute approximate surface area is 105 Å². The van der Waals surface area contributed by atoms with E-state index in [4.69, 9.17) is 4.74 Å². The highest BCUT2D eigenvalue weighted by Gasteiger charge is 2.19. The number of hydrogen-bond donors (Lipinski definition) is 1. The van der Waals surface area contributed by atoms with Gasteiger partial charge >= 0.3 is 0 Å². The summed E-state index contributed by atoms with van der Waals surface area (Å²) < 4.78 is 5.05. The Balaban J connectivity index is 2.25. The van der Waals surface area contributed by atoms with E-state index in [0.717, 1.165) is 19.6 Å². The number of rotatable bonds is 6. The molecule has 0 spiro atoms. The molecule has 4 heteroatoms. The van der Waals surface area contributed by atoms with Crippen LogP contribution in [0.3, 0.4) is 0 Å². The second-order valence-corrected chi connectivity index (χ2v) is 5.25. The van der Waals surface area contributed by atoms with E-state index < -0.39 is 0 Å². The lowest BCUT2D eigenvalue weighted by molar-refractivity contribution is -0.131. The number of ether oxygens (including phenoxy) is 1. The van der Waals surface area contributed by atoms with Crippen LogP contribution in [0, 0.1) is 11.8 Å². The Morgan fingerprint density at radius 2 is 2.35 bits per heavy atom. The van der Waals surface area contributed by atoms with E-state index in [1.807, 2.05) is 11.9 Å². The van der Waals surface area contributed by atoms with E-state index in [9.17, 15) is 4.79 Å². The molecule has 0 aromatic heterocycles. The second-order valence-electron chi connectivity index (χ2n) is 5.25. The van der Waals surface area contributed by atoms with Gasteiger partial charge in [0.2, 0.25) is 5.91 Å². The van der Waals surface area contributed by atoms with E-state index in [1.54, 1.807) is 7.11 Å². The highest BCUT2D eigenvalue weighted by Crippen LogP contribution is 2.12. The number of nitrogens with zero attached hydrogens (tertiary/aromatic N) is 1. The molecular formula is C13H26N2O2. The summed E-state index contributed by atoms with van der Waals surface area (Å²) >= 11 is 0. The largest absolute Gasteiger partial charge is 0.384 e. The second kappa shape index (κ2) is 7.67. The van der Waals surface area contributed by atoms with E-state index in [2.05, 4.69) is 12.2 Å². The lowest BCUT2D eigenvalue weighted by atomic mass is 9.99. The zero-order valence-electron chi connectivity index (χ0n) is 11.4. The summed E-state index contributed by atoms with van der Waals surface area (Å²) in [5, 5.41) is 3.38. The summed E-state index contributed by atoms with van der Waals surface area (Å²) in [7, 11) is 3.59. The SMILES string of the molecule is COCC(C)CC(=O)N(C)CC1CCCNC1. The number of amides is 1. The minimum Gasteiger partial charge on any atom is -0.384 e. The van der Waals surface area contributed by atoms with Gasteiger partial charge in [-0.2, -0.15) is 0 Å². The van der Waals surface area contributed by atoms with Gasteiger partial charge in [0.15, 0.2) is 0 Å². The van der Waals surface area contributed by atoms with Gasteiger partial charge in [-0.3, -0.25) is 4.79 Å². The van der Waals surface area contributed by atoms with Crippen molar-refractivity contribution in [3.8, 4) is 0 Å². The van der Waals surface area contributed by atoms with Crippen molar-refractivity contribution in [3.63, 3.8) is 0 Å². The van der Waals surface area contributed by atoms with Crippen LogP contribution in [0.5, 0.6) is 0 Å². The van der Waals surface area contributed by atoms with Crippen LogP contribution in [0.4, 0.5) is 0 Å². The normalized spacial score (nSPS) is 22.2. The minimum absolute atomic E-state index is 0.236. The first-order valence-corrected chi connectivity index (χ1v) is 6.57. The fraction of sp³-hybridized carbons (Fsp3) is 0.923. The van der Waals surface area contributed by atoms with Crippen molar-refractivity contribution in [1.29, 1.82) is 0 Å². The summed E-state index contributed by atoms with van der Waals surface area (Å²) in [6, 6.07) is 0. The molecule has 2 atom stereocenters. The molecule has 100 valence electrons. The van der Waals surface area contributed by atoms with Crippen LogP contribution in [0.25, 0.3) is 0 Å². The molecule has 1 heterocycles. The third-order valence-corrected chi connectivity index (χ3v) is 3.33.